The van der Waals surface area contributed by atoms with Crippen molar-refractivity contribution in [3.05, 3.63) is 41.3 Å². The predicted molar refractivity (Wildman–Crippen MR) is 82.3 cm³/mol. The second kappa shape index (κ2) is 5.41. The monoisotopic (exact) mass is 272 g/mol. The zero-order valence-electron chi connectivity index (χ0n) is 12.2. The van der Waals surface area contributed by atoms with E-state index in [4.69, 9.17) is 0 Å². The molecule has 2 nitrogen and oxygen atoms in total. The molecule has 0 saturated heterocycles. The van der Waals surface area contributed by atoms with E-state index in [0.29, 0.717) is 5.56 Å². The molecule has 1 aromatic carbocycles. The smallest absolute Gasteiger partial charge is 0.128 e. The first-order valence-corrected chi connectivity index (χ1v) is 7.38. The van der Waals surface area contributed by atoms with Crippen molar-refractivity contribution < 1.29 is 4.39 Å². The van der Waals surface area contributed by atoms with E-state index in [2.05, 4.69) is 22.9 Å². The first-order valence-electron chi connectivity index (χ1n) is 7.38. The molecule has 1 aliphatic rings. The number of nitrogens with one attached hydrogen (secondary N) is 1. The molecule has 0 fully saturated rings. The molecule has 1 aliphatic heterocycles. The first kappa shape index (κ1) is 13.4. The number of fused-ring (bicyclic) bond motifs is 1. The van der Waals surface area contributed by atoms with E-state index in [0.717, 1.165) is 37.0 Å². The molecule has 20 heavy (non-hydrogen) atoms. The van der Waals surface area contributed by atoms with Gasteiger partial charge in [-0.05, 0) is 44.0 Å². The lowest BCUT2D eigenvalue weighted by Crippen LogP contribution is -2.30. The lowest BCUT2D eigenvalue weighted by atomic mass is 9.99. The van der Waals surface area contributed by atoms with Crippen LogP contribution in [0, 0.1) is 12.7 Å². The molecule has 1 N–H and O–H groups in total. The summed E-state index contributed by atoms with van der Waals surface area (Å²) < 4.78 is 13.6. The molecule has 0 spiro atoms. The summed E-state index contributed by atoms with van der Waals surface area (Å²) in [6, 6.07) is 3.46. The SMILES string of the molecule is CCCN1CCC=C(c2c[nH]c3c(C)c(F)ccc23)C1. The van der Waals surface area contributed by atoms with E-state index in [9.17, 15) is 4.39 Å². The maximum atomic E-state index is 13.6. The summed E-state index contributed by atoms with van der Waals surface area (Å²) >= 11 is 0. The second-order valence-electron chi connectivity index (χ2n) is 5.59. The summed E-state index contributed by atoms with van der Waals surface area (Å²) in [4.78, 5) is 5.73. The van der Waals surface area contributed by atoms with E-state index < -0.39 is 0 Å². The summed E-state index contributed by atoms with van der Waals surface area (Å²) in [7, 11) is 0. The summed E-state index contributed by atoms with van der Waals surface area (Å²) in [5.41, 5.74) is 4.22. The van der Waals surface area contributed by atoms with Gasteiger partial charge in [0.2, 0.25) is 0 Å². The minimum Gasteiger partial charge on any atom is -0.360 e. The lowest BCUT2D eigenvalue weighted by molar-refractivity contribution is 0.305. The number of aromatic nitrogens is 1. The molecule has 0 atom stereocenters. The fourth-order valence-electron chi connectivity index (χ4n) is 3.09. The molecule has 106 valence electrons. The van der Waals surface area contributed by atoms with E-state index in [-0.39, 0.29) is 5.82 Å². The summed E-state index contributed by atoms with van der Waals surface area (Å²) in [5.74, 6) is -0.142. The van der Waals surface area contributed by atoms with Crippen LogP contribution >= 0.6 is 0 Å². The number of benzene rings is 1. The van der Waals surface area contributed by atoms with Gasteiger partial charge in [-0.1, -0.05) is 13.0 Å². The van der Waals surface area contributed by atoms with Crippen molar-refractivity contribution in [1.29, 1.82) is 0 Å². The Balaban J connectivity index is 1.99. The molecule has 3 rings (SSSR count). The average Bonchev–Trinajstić information content (AvgIpc) is 2.88. The predicted octanol–water partition coefficient (Wildman–Crippen LogP) is 4.11. The largest absolute Gasteiger partial charge is 0.360 e. The van der Waals surface area contributed by atoms with Crippen molar-refractivity contribution in [3.63, 3.8) is 0 Å². The summed E-state index contributed by atoms with van der Waals surface area (Å²) in [5, 5.41) is 1.13. The number of rotatable bonds is 3. The van der Waals surface area contributed by atoms with Crippen LogP contribution in [0.2, 0.25) is 0 Å². The number of hydrogen-bond acceptors (Lipinski definition) is 1. The van der Waals surface area contributed by atoms with Crippen molar-refractivity contribution >= 4 is 16.5 Å². The van der Waals surface area contributed by atoms with Gasteiger partial charge in [0.15, 0.2) is 0 Å². The van der Waals surface area contributed by atoms with Crippen LogP contribution in [0.15, 0.2) is 24.4 Å². The molecule has 1 aromatic heterocycles. The van der Waals surface area contributed by atoms with E-state index in [1.54, 1.807) is 6.07 Å². The van der Waals surface area contributed by atoms with Gasteiger partial charge in [-0.25, -0.2) is 4.39 Å². The molecule has 3 heteroatoms. The van der Waals surface area contributed by atoms with Crippen LogP contribution in [0.25, 0.3) is 16.5 Å². The van der Waals surface area contributed by atoms with E-state index in [1.807, 2.05) is 19.2 Å². The fourth-order valence-corrected chi connectivity index (χ4v) is 3.09. The van der Waals surface area contributed by atoms with Crippen LogP contribution in [0.4, 0.5) is 4.39 Å². The highest BCUT2D eigenvalue weighted by Crippen LogP contribution is 2.30. The first-order chi connectivity index (χ1) is 9.70. The molecule has 2 aromatic rings. The Hall–Kier alpha value is -1.61. The van der Waals surface area contributed by atoms with Gasteiger partial charge in [-0.2, -0.15) is 0 Å². The zero-order chi connectivity index (χ0) is 14.1. The standard InChI is InChI=1S/C17H21FN2/c1-3-8-20-9-4-5-13(11-20)15-10-19-17-12(2)16(18)7-6-14(15)17/h5-7,10,19H,3-4,8-9,11H2,1-2H3. The molecule has 0 radical (unpaired) electrons. The molecule has 0 saturated carbocycles. The normalized spacial score (nSPS) is 16.6. The molecule has 0 bridgehead atoms. The third kappa shape index (κ3) is 2.27. The highest BCUT2D eigenvalue weighted by molar-refractivity contribution is 5.94. The van der Waals surface area contributed by atoms with Gasteiger partial charge in [0, 0.05) is 35.8 Å². The minimum absolute atomic E-state index is 0.142. The van der Waals surface area contributed by atoms with E-state index >= 15 is 0 Å². The van der Waals surface area contributed by atoms with E-state index in [1.165, 1.54) is 17.6 Å². The van der Waals surface area contributed by atoms with Gasteiger partial charge in [0.25, 0.3) is 0 Å². The van der Waals surface area contributed by atoms with Crippen LogP contribution in [0.5, 0.6) is 0 Å². The van der Waals surface area contributed by atoms with Gasteiger partial charge >= 0.3 is 0 Å². The maximum absolute atomic E-state index is 13.6. The molecule has 0 aliphatic carbocycles. The average molecular weight is 272 g/mol. The van der Waals surface area contributed by atoms with Gasteiger partial charge in [-0.3, -0.25) is 4.90 Å². The molecule has 2 heterocycles. The van der Waals surface area contributed by atoms with Gasteiger partial charge in [0.05, 0.1) is 5.52 Å². The number of hydrogen-bond donors (Lipinski definition) is 1. The Kier molecular flexibility index (Phi) is 3.62. The van der Waals surface area contributed by atoms with Gasteiger partial charge in [0.1, 0.15) is 5.82 Å². The van der Waals surface area contributed by atoms with Crippen molar-refractivity contribution in [2.45, 2.75) is 26.7 Å². The Bertz CT molecular complexity index is 654. The highest BCUT2D eigenvalue weighted by atomic mass is 19.1. The number of aryl methyl sites for hydroxylation is 1. The van der Waals surface area contributed by atoms with Crippen molar-refractivity contribution in [3.8, 4) is 0 Å². The van der Waals surface area contributed by atoms with Crippen molar-refractivity contribution in [2.24, 2.45) is 0 Å². The third-order valence-corrected chi connectivity index (χ3v) is 4.17. The fraction of sp³-hybridized carbons (Fsp3) is 0.412. The highest BCUT2D eigenvalue weighted by Gasteiger charge is 2.17. The minimum atomic E-state index is -0.142. The maximum Gasteiger partial charge on any atom is 0.128 e. The molecular formula is C17H21FN2. The van der Waals surface area contributed by atoms with Gasteiger partial charge in [-0.15, -0.1) is 0 Å². The Morgan fingerprint density at radius 2 is 2.20 bits per heavy atom. The topological polar surface area (TPSA) is 19.0 Å². The van der Waals surface area contributed by atoms with Crippen LogP contribution in [-0.4, -0.2) is 29.5 Å². The van der Waals surface area contributed by atoms with Crippen molar-refractivity contribution in [2.75, 3.05) is 19.6 Å². The van der Waals surface area contributed by atoms with Gasteiger partial charge < -0.3 is 4.98 Å². The summed E-state index contributed by atoms with van der Waals surface area (Å²) in [6.07, 6.45) is 6.64. The van der Waals surface area contributed by atoms with Crippen LogP contribution in [0.1, 0.15) is 30.9 Å². The number of H-pyrrole nitrogens is 1. The lowest BCUT2D eigenvalue weighted by Gasteiger charge is -2.26. The molecule has 0 amide bonds. The molecular weight excluding hydrogens is 251 g/mol. The summed E-state index contributed by atoms with van der Waals surface area (Å²) in [6.45, 7) is 7.34. The Labute approximate surface area is 119 Å². The third-order valence-electron chi connectivity index (χ3n) is 4.17. The van der Waals surface area contributed by atoms with Crippen molar-refractivity contribution in [1.82, 2.24) is 9.88 Å². The van der Waals surface area contributed by atoms with Crippen LogP contribution < -0.4 is 0 Å². The zero-order valence-corrected chi connectivity index (χ0v) is 12.2. The quantitative estimate of drug-likeness (QED) is 0.890. The number of aromatic amines is 1. The van der Waals surface area contributed by atoms with Crippen LogP contribution in [0.3, 0.4) is 0 Å². The molecule has 0 unspecified atom stereocenters. The second-order valence-corrected chi connectivity index (χ2v) is 5.59. The Morgan fingerprint density at radius 1 is 1.35 bits per heavy atom. The number of halogens is 1. The number of nitrogens with zero attached hydrogens (tertiary/aromatic N) is 1. The Morgan fingerprint density at radius 3 is 3.00 bits per heavy atom. The van der Waals surface area contributed by atoms with Crippen LogP contribution in [-0.2, 0) is 0 Å².